The van der Waals surface area contributed by atoms with E-state index < -0.39 is 0 Å². The Hall–Kier alpha value is -3.82. The largest absolute Gasteiger partial charge is 0.448 e. The maximum atomic E-state index is 13.6. The summed E-state index contributed by atoms with van der Waals surface area (Å²) in [5, 5.41) is 8.83. The van der Waals surface area contributed by atoms with Gasteiger partial charge in [0.1, 0.15) is 19.8 Å². The van der Waals surface area contributed by atoms with Crippen molar-refractivity contribution in [3.8, 4) is 0 Å². The average molecular weight is 1500 g/mol. The number of carbonyl (C=O) groups is 6. The van der Waals surface area contributed by atoms with Crippen LogP contribution in [0.25, 0.3) is 0 Å². The molecule has 0 radical (unpaired) electrons. The Morgan fingerprint density at radius 2 is 0.340 bits per heavy atom. The number of amides is 6. The predicted molar refractivity (Wildman–Crippen MR) is 449 cm³/mol. The Balaban J connectivity index is 5.80. The number of unbranched alkanes of at least 4 members (excludes halogenated alkanes) is 54. The molecule has 0 rings (SSSR count). The van der Waals surface area contributed by atoms with Gasteiger partial charge in [-0.2, -0.15) is 0 Å². The third-order valence-corrected chi connectivity index (χ3v) is 21.4. The first-order valence-corrected chi connectivity index (χ1v) is 46.3. The summed E-state index contributed by atoms with van der Waals surface area (Å²) in [7, 11) is 0. The summed E-state index contributed by atoms with van der Waals surface area (Å²) in [4.78, 5) is 88.6. The zero-order valence-electron chi connectivity index (χ0n) is 71.1. The summed E-state index contributed by atoms with van der Waals surface area (Å²) in [5.41, 5.74) is 0. The number of hydrogen-bond acceptors (Lipinski definition) is 10. The van der Waals surface area contributed by atoms with Gasteiger partial charge in [0.2, 0.25) is 17.7 Å². The van der Waals surface area contributed by atoms with Crippen molar-refractivity contribution in [2.75, 3.05) is 98.4 Å². The quantitative estimate of drug-likeness (QED) is 0.0392. The molecule has 0 saturated carbocycles. The van der Waals surface area contributed by atoms with Gasteiger partial charge in [0.05, 0.1) is 19.6 Å². The van der Waals surface area contributed by atoms with Crippen LogP contribution in [0.1, 0.15) is 446 Å². The van der Waals surface area contributed by atoms with Crippen LogP contribution in [0.2, 0.25) is 0 Å². The van der Waals surface area contributed by atoms with Gasteiger partial charge in [-0.25, -0.2) is 14.4 Å². The Labute approximate surface area is 655 Å². The van der Waals surface area contributed by atoms with Gasteiger partial charge >= 0.3 is 18.3 Å². The number of carbonyl (C=O) groups excluding carboxylic acids is 6. The predicted octanol–water partition coefficient (Wildman–Crippen LogP) is 24.6. The highest BCUT2D eigenvalue weighted by Gasteiger charge is 2.20. The monoisotopic (exact) mass is 1500 g/mol. The van der Waals surface area contributed by atoms with Crippen LogP contribution in [0.15, 0.2) is 0 Å². The highest BCUT2D eigenvalue weighted by molar-refractivity contribution is 5.77. The lowest BCUT2D eigenvalue weighted by atomic mass is 10.1. The Bertz CT molecular complexity index is 1640. The molecule has 0 saturated heterocycles. The summed E-state index contributed by atoms with van der Waals surface area (Å²) < 4.78 is 17.4. The van der Waals surface area contributed by atoms with E-state index in [-0.39, 0.29) is 94.7 Å². The minimum Gasteiger partial charge on any atom is -0.448 e. The first-order valence-electron chi connectivity index (χ1n) is 46.3. The number of nitrogens with one attached hydrogen (secondary N) is 3. The van der Waals surface area contributed by atoms with Crippen molar-refractivity contribution in [2.24, 2.45) is 0 Å². The first-order chi connectivity index (χ1) is 52.1. The van der Waals surface area contributed by atoms with Crippen LogP contribution in [0.4, 0.5) is 14.4 Å². The second-order valence-corrected chi connectivity index (χ2v) is 31.5. The zero-order valence-corrected chi connectivity index (χ0v) is 71.1. The Morgan fingerprint density at radius 1 is 0.198 bits per heavy atom. The molecule has 16 nitrogen and oxygen atoms in total. The van der Waals surface area contributed by atoms with E-state index >= 15 is 0 Å². The van der Waals surface area contributed by atoms with E-state index in [0.717, 1.165) is 77.0 Å². The molecule has 0 heterocycles. The smallest absolute Gasteiger partial charge is 0.409 e. The third-order valence-electron chi connectivity index (χ3n) is 21.4. The molecule has 0 aliphatic heterocycles. The second-order valence-electron chi connectivity index (χ2n) is 31.5. The number of hydrogen-bond donors (Lipinski definition) is 3. The molecule has 0 aliphatic rings. The summed E-state index contributed by atoms with van der Waals surface area (Å²) in [6.45, 7) is 19.3. The van der Waals surface area contributed by atoms with Gasteiger partial charge in [0, 0.05) is 78.2 Å². The summed E-state index contributed by atoms with van der Waals surface area (Å²) in [5.74, 6) is -0.634. The van der Waals surface area contributed by atoms with Gasteiger partial charge in [-0.3, -0.25) is 14.4 Å². The highest BCUT2D eigenvalue weighted by atomic mass is 16.6. The fraction of sp³-hybridized carbons (Fsp3) is 0.933. The molecule has 0 bridgehead atoms. The van der Waals surface area contributed by atoms with Crippen LogP contribution in [-0.2, 0) is 28.6 Å². The minimum absolute atomic E-state index is 0.0688. The van der Waals surface area contributed by atoms with Crippen molar-refractivity contribution in [1.29, 1.82) is 0 Å². The molecule has 16 heteroatoms. The zero-order chi connectivity index (χ0) is 77.2. The van der Waals surface area contributed by atoms with Crippen LogP contribution in [0, 0.1) is 0 Å². The fourth-order valence-corrected chi connectivity index (χ4v) is 14.3. The summed E-state index contributed by atoms with van der Waals surface area (Å²) >= 11 is 0. The molecule has 0 aromatic carbocycles. The fourth-order valence-electron chi connectivity index (χ4n) is 14.3. The molecular formula is C90H177N7O9. The summed E-state index contributed by atoms with van der Waals surface area (Å²) in [6.07, 6.45) is 73.5. The molecule has 0 unspecified atom stereocenters. The van der Waals surface area contributed by atoms with Gasteiger partial charge in [-0.1, -0.05) is 388 Å². The van der Waals surface area contributed by atoms with E-state index in [0.29, 0.717) is 58.9 Å². The van der Waals surface area contributed by atoms with Crippen LogP contribution in [-0.4, -0.2) is 154 Å². The topological polar surface area (TPSA) is 179 Å². The lowest BCUT2D eigenvalue weighted by Gasteiger charge is -2.23. The van der Waals surface area contributed by atoms with Crippen molar-refractivity contribution < 1.29 is 43.0 Å². The van der Waals surface area contributed by atoms with Gasteiger partial charge in [-0.15, -0.1) is 0 Å². The van der Waals surface area contributed by atoms with E-state index in [4.69, 9.17) is 14.2 Å². The molecule has 0 spiro atoms. The van der Waals surface area contributed by atoms with E-state index in [1.165, 1.54) is 308 Å². The van der Waals surface area contributed by atoms with E-state index in [2.05, 4.69) is 57.5 Å². The Kier molecular flexibility index (Phi) is 80.6. The summed E-state index contributed by atoms with van der Waals surface area (Å²) in [6, 6.07) is 0. The van der Waals surface area contributed by atoms with E-state index in [9.17, 15) is 28.8 Å². The van der Waals surface area contributed by atoms with Gasteiger partial charge in [0.15, 0.2) is 0 Å². The molecule has 626 valence electrons. The number of nitrogens with zero attached hydrogens (tertiary/aromatic N) is 4. The second kappa shape index (κ2) is 83.6. The van der Waals surface area contributed by atoms with Crippen molar-refractivity contribution in [2.45, 2.75) is 446 Å². The third kappa shape index (κ3) is 73.0. The van der Waals surface area contributed by atoms with Crippen molar-refractivity contribution in [1.82, 2.24) is 35.6 Å². The maximum absolute atomic E-state index is 13.6. The SMILES string of the molecule is CCCCCCCCCCCCN(CCCCCCCCCCCC)C(=O)OCCNC(=O)CCN(CCC(=O)NCCOC(=O)N(CCCCCCCCCCCC)CCCCCCCCCCCC)CCC(=O)NCCOC(=O)N(CCCCCCCCCCCC)CCCCCCCCCCCC. The molecular weight excluding hydrogens is 1320 g/mol. The van der Waals surface area contributed by atoms with Crippen molar-refractivity contribution >= 4 is 36.0 Å². The first kappa shape index (κ1) is 102. The lowest BCUT2D eigenvalue weighted by Crippen LogP contribution is -2.39. The van der Waals surface area contributed by atoms with Crippen LogP contribution < -0.4 is 16.0 Å². The van der Waals surface area contributed by atoms with Crippen LogP contribution >= 0.6 is 0 Å². The van der Waals surface area contributed by atoms with Gasteiger partial charge in [0.25, 0.3) is 0 Å². The molecule has 0 aromatic rings. The van der Waals surface area contributed by atoms with Crippen LogP contribution in [0.3, 0.4) is 0 Å². The normalized spacial score (nSPS) is 11.3. The van der Waals surface area contributed by atoms with Gasteiger partial charge < -0.3 is 49.8 Å². The molecule has 3 N–H and O–H groups in total. The molecule has 6 amide bonds. The van der Waals surface area contributed by atoms with Crippen molar-refractivity contribution in [3.63, 3.8) is 0 Å². The molecule has 0 fully saturated rings. The standard InChI is InChI=1S/C90H177N7O9/c1-7-13-19-25-31-37-43-49-55-61-73-95(74-62-56-50-44-38-32-26-20-14-8-2)88(101)104-82-70-91-85(98)67-79-94(80-68-86(99)92-71-83-105-89(102)96(75-63-57-51-45-39-33-27-21-15-9-3)76-64-58-52-46-40-34-28-22-16-10-4)81-69-87(100)93-72-84-106-90(103)97(77-65-59-53-47-41-35-29-23-17-11-5)78-66-60-54-48-42-36-30-24-18-12-6/h7-84H2,1-6H3,(H,91,98)(H,92,99)(H,93,100). The van der Waals surface area contributed by atoms with Gasteiger partial charge in [-0.05, 0) is 38.5 Å². The van der Waals surface area contributed by atoms with E-state index in [1.807, 2.05) is 19.6 Å². The van der Waals surface area contributed by atoms with E-state index in [1.54, 1.807) is 0 Å². The number of ether oxygens (including phenoxy) is 3. The molecule has 0 aliphatic carbocycles. The minimum atomic E-state index is -0.317. The van der Waals surface area contributed by atoms with Crippen molar-refractivity contribution in [3.05, 3.63) is 0 Å². The average Bonchev–Trinajstić information content (AvgIpc) is 0.999. The molecule has 0 aromatic heterocycles. The molecule has 0 atom stereocenters. The molecule has 106 heavy (non-hydrogen) atoms. The number of rotatable bonds is 84. The van der Waals surface area contributed by atoms with Crippen LogP contribution in [0.5, 0.6) is 0 Å². The maximum Gasteiger partial charge on any atom is 0.409 e. The Morgan fingerprint density at radius 3 is 0.491 bits per heavy atom. The lowest BCUT2D eigenvalue weighted by molar-refractivity contribution is -0.121. The highest BCUT2D eigenvalue weighted by Crippen LogP contribution is 2.19.